The van der Waals surface area contributed by atoms with Crippen LogP contribution in [0.1, 0.15) is 37.0 Å². The molecule has 3 rings (SSSR count). The van der Waals surface area contributed by atoms with Crippen molar-refractivity contribution in [3.63, 3.8) is 0 Å². The highest BCUT2D eigenvalue weighted by Gasteiger charge is 2.15. The summed E-state index contributed by atoms with van der Waals surface area (Å²) in [6, 6.07) is 19.2. The van der Waals surface area contributed by atoms with Gasteiger partial charge in [-0.3, -0.25) is 0 Å². The molecule has 1 heteroatoms. The van der Waals surface area contributed by atoms with Crippen LogP contribution in [0.5, 0.6) is 0 Å². The van der Waals surface area contributed by atoms with Crippen molar-refractivity contribution in [2.45, 2.75) is 39.7 Å². The number of hydrogen-bond donors (Lipinski definition) is 1. The van der Waals surface area contributed by atoms with E-state index in [1.54, 1.807) is 11.1 Å². The molecule has 1 aliphatic carbocycles. The summed E-state index contributed by atoms with van der Waals surface area (Å²) in [4.78, 5) is 0. The quantitative estimate of drug-likeness (QED) is 0.807. The van der Waals surface area contributed by atoms with Gasteiger partial charge in [0.15, 0.2) is 0 Å². The van der Waals surface area contributed by atoms with Crippen LogP contribution in [0.15, 0.2) is 54.6 Å². The van der Waals surface area contributed by atoms with Crippen molar-refractivity contribution in [3.8, 4) is 0 Å². The predicted octanol–water partition coefficient (Wildman–Crippen LogP) is 4.61. The molecule has 112 valence electrons. The second-order valence-electron chi connectivity index (χ2n) is 5.94. The van der Waals surface area contributed by atoms with Gasteiger partial charge in [-0.1, -0.05) is 68.4 Å². The Bertz CT molecular complexity index is 493. The second-order valence-corrected chi connectivity index (χ2v) is 5.94. The Morgan fingerprint density at radius 3 is 2.05 bits per heavy atom. The molecule has 0 saturated heterocycles. The maximum absolute atomic E-state index is 3.35. The van der Waals surface area contributed by atoms with E-state index in [-0.39, 0.29) is 0 Å². The van der Waals surface area contributed by atoms with E-state index in [4.69, 9.17) is 0 Å². The highest BCUT2D eigenvalue weighted by Crippen LogP contribution is 2.25. The fraction of sp³-hybridized carbons (Fsp3) is 0.400. The summed E-state index contributed by atoms with van der Waals surface area (Å²) < 4.78 is 0. The van der Waals surface area contributed by atoms with Crippen molar-refractivity contribution < 1.29 is 0 Å². The second kappa shape index (κ2) is 8.63. The Hall–Kier alpha value is -1.60. The van der Waals surface area contributed by atoms with E-state index in [1.165, 1.54) is 24.8 Å². The molecule has 0 aliphatic heterocycles. The zero-order valence-corrected chi connectivity index (χ0v) is 13.3. The van der Waals surface area contributed by atoms with Gasteiger partial charge in [0.2, 0.25) is 0 Å². The fourth-order valence-corrected chi connectivity index (χ4v) is 2.78. The fourth-order valence-electron chi connectivity index (χ4n) is 2.78. The monoisotopic (exact) mass is 281 g/mol. The van der Waals surface area contributed by atoms with Crippen LogP contribution in [0.3, 0.4) is 0 Å². The molecule has 0 spiro atoms. The van der Waals surface area contributed by atoms with E-state index in [2.05, 4.69) is 67.7 Å². The van der Waals surface area contributed by atoms with E-state index in [9.17, 15) is 0 Å². The molecule has 0 saturated carbocycles. The Kier molecular flexibility index (Phi) is 6.49. The number of fused-ring (bicyclic) bond motifs is 1. The first kappa shape index (κ1) is 15.8. The zero-order valence-electron chi connectivity index (χ0n) is 13.3. The largest absolute Gasteiger partial charge is 0.313 e. The van der Waals surface area contributed by atoms with Crippen LogP contribution in [0.2, 0.25) is 0 Å². The third kappa shape index (κ3) is 5.35. The molecule has 0 bridgehead atoms. The van der Waals surface area contributed by atoms with Crippen LogP contribution in [0, 0.1) is 5.92 Å². The Labute approximate surface area is 129 Å². The normalized spacial score (nSPS) is 13.4. The van der Waals surface area contributed by atoms with Crippen molar-refractivity contribution in [1.82, 2.24) is 5.32 Å². The average molecular weight is 281 g/mol. The lowest BCUT2D eigenvalue weighted by Crippen LogP contribution is -2.13. The summed E-state index contributed by atoms with van der Waals surface area (Å²) in [5, 5.41) is 3.35. The topological polar surface area (TPSA) is 12.0 Å². The van der Waals surface area contributed by atoms with E-state index in [0.29, 0.717) is 0 Å². The summed E-state index contributed by atoms with van der Waals surface area (Å²) in [5.74, 6) is 0.873. The number of hydrogen-bond acceptors (Lipinski definition) is 1. The van der Waals surface area contributed by atoms with Gasteiger partial charge in [-0.15, -0.1) is 0 Å². The van der Waals surface area contributed by atoms with Crippen LogP contribution in [0.25, 0.3) is 0 Å². The number of benzene rings is 2. The highest BCUT2D eigenvalue weighted by molar-refractivity contribution is 5.31. The third-order valence-electron chi connectivity index (χ3n) is 3.85. The lowest BCUT2D eigenvalue weighted by molar-refractivity contribution is 0.628. The predicted molar refractivity (Wildman–Crippen MR) is 91.5 cm³/mol. The van der Waals surface area contributed by atoms with Crippen LogP contribution in [0.4, 0.5) is 0 Å². The molecule has 21 heavy (non-hydrogen) atoms. The summed E-state index contributed by atoms with van der Waals surface area (Å²) in [6.45, 7) is 6.60. The lowest BCUT2D eigenvalue weighted by Gasteiger charge is -2.01. The molecule has 1 N–H and O–H groups in total. The zero-order chi connectivity index (χ0) is 14.9. The van der Waals surface area contributed by atoms with E-state index in [1.807, 2.05) is 6.07 Å². The molecule has 0 aromatic heterocycles. The molecule has 0 heterocycles. The van der Waals surface area contributed by atoms with Gasteiger partial charge in [0, 0.05) is 6.54 Å². The molecule has 0 unspecified atom stereocenters. The molecule has 0 amide bonds. The number of rotatable bonds is 4. The van der Waals surface area contributed by atoms with Gasteiger partial charge in [-0.2, -0.15) is 0 Å². The first-order valence-corrected chi connectivity index (χ1v) is 8.11. The van der Waals surface area contributed by atoms with Crippen molar-refractivity contribution in [1.29, 1.82) is 0 Å². The van der Waals surface area contributed by atoms with Crippen molar-refractivity contribution >= 4 is 0 Å². The van der Waals surface area contributed by atoms with Gasteiger partial charge in [0.05, 0.1) is 0 Å². The van der Waals surface area contributed by atoms with Crippen LogP contribution in [-0.4, -0.2) is 6.54 Å². The third-order valence-corrected chi connectivity index (χ3v) is 3.85. The molecule has 1 nitrogen and oxygen atoms in total. The van der Waals surface area contributed by atoms with Gasteiger partial charge in [-0.25, -0.2) is 0 Å². The van der Waals surface area contributed by atoms with E-state index in [0.717, 1.165) is 19.0 Å². The SMILES string of the molecule is CC1Cc2ccccc2C1.CCCNCc1ccccc1. The molecule has 0 radical (unpaired) electrons. The Morgan fingerprint density at radius 2 is 1.48 bits per heavy atom. The van der Waals surface area contributed by atoms with Crippen molar-refractivity contribution in [3.05, 3.63) is 71.3 Å². The Balaban J connectivity index is 0.000000154. The number of nitrogens with one attached hydrogen (secondary N) is 1. The highest BCUT2D eigenvalue weighted by atomic mass is 14.8. The van der Waals surface area contributed by atoms with Crippen LogP contribution < -0.4 is 5.32 Å². The van der Waals surface area contributed by atoms with Gasteiger partial charge in [0.25, 0.3) is 0 Å². The minimum absolute atomic E-state index is 0.873. The molecule has 0 atom stereocenters. The lowest BCUT2D eigenvalue weighted by atomic mass is 10.1. The van der Waals surface area contributed by atoms with E-state index < -0.39 is 0 Å². The minimum Gasteiger partial charge on any atom is -0.313 e. The van der Waals surface area contributed by atoms with Gasteiger partial charge >= 0.3 is 0 Å². The standard InChI is InChI=1S/C10H15N.C10H12/c1-2-8-11-9-10-6-4-3-5-7-10;1-8-6-9-4-2-3-5-10(9)7-8/h3-7,11H,2,8-9H2,1H3;2-5,8H,6-7H2,1H3. The molecule has 1 aliphatic rings. The maximum atomic E-state index is 3.35. The minimum atomic E-state index is 0.873. The molecule has 0 fully saturated rings. The summed E-state index contributed by atoms with van der Waals surface area (Å²) >= 11 is 0. The summed E-state index contributed by atoms with van der Waals surface area (Å²) in [5.41, 5.74) is 4.49. The van der Waals surface area contributed by atoms with Crippen molar-refractivity contribution in [2.24, 2.45) is 5.92 Å². The summed E-state index contributed by atoms with van der Waals surface area (Å²) in [6.07, 6.45) is 3.78. The van der Waals surface area contributed by atoms with E-state index >= 15 is 0 Å². The first-order chi connectivity index (χ1) is 10.3. The Morgan fingerprint density at radius 1 is 0.905 bits per heavy atom. The van der Waals surface area contributed by atoms with Crippen LogP contribution >= 0.6 is 0 Å². The van der Waals surface area contributed by atoms with Crippen LogP contribution in [-0.2, 0) is 19.4 Å². The average Bonchev–Trinajstić information content (AvgIpc) is 2.89. The molecule has 2 aromatic rings. The molecule has 2 aromatic carbocycles. The smallest absolute Gasteiger partial charge is 0.0205 e. The van der Waals surface area contributed by atoms with Crippen molar-refractivity contribution in [2.75, 3.05) is 6.54 Å². The van der Waals surface area contributed by atoms with Gasteiger partial charge in [-0.05, 0) is 48.4 Å². The maximum Gasteiger partial charge on any atom is 0.0205 e. The first-order valence-electron chi connectivity index (χ1n) is 8.11. The molecular weight excluding hydrogens is 254 g/mol. The van der Waals surface area contributed by atoms with Gasteiger partial charge < -0.3 is 5.32 Å². The summed E-state index contributed by atoms with van der Waals surface area (Å²) in [7, 11) is 0. The molecular formula is C20H27N. The van der Waals surface area contributed by atoms with Gasteiger partial charge in [0.1, 0.15) is 0 Å².